The summed E-state index contributed by atoms with van der Waals surface area (Å²) in [5.74, 6) is 0. The van der Waals surface area contributed by atoms with Gasteiger partial charge >= 0.3 is 6.29 Å². The first-order valence-electron chi connectivity index (χ1n) is 2.47. The molecule has 0 aromatic carbocycles. The highest BCUT2D eigenvalue weighted by Gasteiger charge is 2.33. The highest BCUT2D eigenvalue weighted by atomic mass is 127. The molecule has 6 nitrogen and oxygen atoms in total. The fourth-order valence-corrected chi connectivity index (χ4v) is 1.31. The van der Waals surface area contributed by atoms with Crippen molar-refractivity contribution in [3.05, 3.63) is 10.1 Å². The molecule has 0 bridgehead atoms. The third-order valence-electron chi connectivity index (χ3n) is 1.09. The second-order valence-electron chi connectivity index (χ2n) is 1.78. The van der Waals surface area contributed by atoms with Crippen LogP contribution >= 0.6 is 22.9 Å². The molecule has 1 heterocycles. The lowest BCUT2D eigenvalue weighted by Crippen LogP contribution is -2.38. The van der Waals surface area contributed by atoms with Crippen LogP contribution < -0.4 is 0 Å². The molecule has 0 radical (unpaired) electrons. The predicted molar refractivity (Wildman–Crippen MR) is 42.9 cm³/mol. The Bertz CT molecular complexity index is 171. The van der Waals surface area contributed by atoms with Crippen LogP contribution in [-0.4, -0.2) is 32.7 Å². The van der Waals surface area contributed by atoms with Crippen LogP contribution in [0, 0.1) is 10.1 Å². The second-order valence-corrected chi connectivity index (χ2v) is 2.89. The SMILES string of the molecule is CN1N=CN(I)C1[N+](=O)[O-]. The third kappa shape index (κ3) is 1.13. The van der Waals surface area contributed by atoms with Crippen molar-refractivity contribution < 1.29 is 4.92 Å². The van der Waals surface area contributed by atoms with E-state index in [9.17, 15) is 10.1 Å². The van der Waals surface area contributed by atoms with Crippen LogP contribution in [-0.2, 0) is 0 Å². The molecule has 56 valence electrons. The van der Waals surface area contributed by atoms with Gasteiger partial charge in [0.05, 0.1) is 27.8 Å². The summed E-state index contributed by atoms with van der Waals surface area (Å²) in [7, 11) is 1.56. The summed E-state index contributed by atoms with van der Waals surface area (Å²) in [5, 5.41) is 15.2. The lowest BCUT2D eigenvalue weighted by molar-refractivity contribution is -0.560. The smallest absolute Gasteiger partial charge is 0.261 e. The van der Waals surface area contributed by atoms with Crippen molar-refractivity contribution in [2.24, 2.45) is 5.10 Å². The molecular weight excluding hydrogens is 251 g/mol. The number of hydrogen-bond donors (Lipinski definition) is 0. The van der Waals surface area contributed by atoms with Crippen LogP contribution in [0.25, 0.3) is 0 Å². The molecule has 0 saturated heterocycles. The summed E-state index contributed by atoms with van der Waals surface area (Å²) in [6.07, 6.45) is 0.564. The Balaban J connectivity index is 2.69. The van der Waals surface area contributed by atoms with Gasteiger partial charge < -0.3 is 0 Å². The van der Waals surface area contributed by atoms with Crippen molar-refractivity contribution >= 4 is 29.2 Å². The van der Waals surface area contributed by atoms with Gasteiger partial charge in [-0.2, -0.15) is 5.10 Å². The van der Waals surface area contributed by atoms with Crippen molar-refractivity contribution in [1.82, 2.24) is 8.12 Å². The molecule has 1 atom stereocenters. The molecule has 0 aromatic rings. The molecule has 1 aliphatic heterocycles. The Kier molecular flexibility index (Phi) is 1.92. The molecule has 1 unspecified atom stereocenters. The fourth-order valence-electron chi connectivity index (χ4n) is 0.636. The maximum atomic E-state index is 10.3. The van der Waals surface area contributed by atoms with E-state index < -0.39 is 11.2 Å². The van der Waals surface area contributed by atoms with Crippen molar-refractivity contribution in [2.75, 3.05) is 7.05 Å². The maximum absolute atomic E-state index is 10.3. The average Bonchev–Trinajstić information content (AvgIpc) is 2.11. The molecule has 0 saturated carbocycles. The summed E-state index contributed by atoms with van der Waals surface area (Å²) in [6.45, 7) is 0. The minimum Gasteiger partial charge on any atom is -0.261 e. The number of nitro groups is 1. The number of hydrogen-bond acceptors (Lipinski definition) is 5. The molecule has 0 amide bonds. The van der Waals surface area contributed by atoms with E-state index in [0.29, 0.717) is 0 Å². The average molecular weight is 256 g/mol. The highest BCUT2D eigenvalue weighted by Crippen LogP contribution is 2.14. The first-order valence-corrected chi connectivity index (χ1v) is 3.44. The van der Waals surface area contributed by atoms with Crippen LogP contribution in [0.5, 0.6) is 0 Å². The number of halogens is 1. The zero-order valence-electron chi connectivity index (χ0n) is 5.14. The van der Waals surface area contributed by atoms with Gasteiger partial charge in [0, 0.05) is 7.05 Å². The van der Waals surface area contributed by atoms with E-state index in [0.717, 1.165) is 0 Å². The largest absolute Gasteiger partial charge is 0.391 e. The van der Waals surface area contributed by atoms with Crippen LogP contribution in [0.2, 0.25) is 0 Å². The first-order chi connectivity index (χ1) is 4.63. The Morgan fingerprint density at radius 3 is 2.70 bits per heavy atom. The normalized spacial score (nSPS) is 24.0. The minimum atomic E-state index is -0.847. The molecule has 0 aliphatic carbocycles. The van der Waals surface area contributed by atoms with Crippen LogP contribution in [0.4, 0.5) is 0 Å². The molecule has 1 aliphatic rings. The minimum absolute atomic E-state index is 0.403. The van der Waals surface area contributed by atoms with E-state index in [1.165, 1.54) is 14.5 Å². The Morgan fingerprint density at radius 1 is 1.90 bits per heavy atom. The van der Waals surface area contributed by atoms with Crippen molar-refractivity contribution in [1.29, 1.82) is 0 Å². The molecule has 0 spiro atoms. The van der Waals surface area contributed by atoms with Crippen molar-refractivity contribution in [3.63, 3.8) is 0 Å². The quantitative estimate of drug-likeness (QED) is 0.288. The predicted octanol–water partition coefficient (Wildman–Crippen LogP) is 0.0874. The van der Waals surface area contributed by atoms with Gasteiger partial charge in [-0.05, 0) is 0 Å². The summed E-state index contributed by atoms with van der Waals surface area (Å²) in [6, 6.07) is 0. The van der Waals surface area contributed by atoms with Gasteiger partial charge in [0.2, 0.25) is 0 Å². The van der Waals surface area contributed by atoms with Gasteiger partial charge in [0.25, 0.3) is 0 Å². The molecule has 10 heavy (non-hydrogen) atoms. The number of hydrazone groups is 1. The summed E-state index contributed by atoms with van der Waals surface area (Å²) >= 11 is 1.83. The molecule has 0 N–H and O–H groups in total. The van der Waals surface area contributed by atoms with E-state index in [1.54, 1.807) is 7.05 Å². The number of rotatable bonds is 1. The van der Waals surface area contributed by atoms with Gasteiger partial charge in [0.15, 0.2) is 0 Å². The molecular formula is C3H5IN4O2. The van der Waals surface area contributed by atoms with E-state index in [2.05, 4.69) is 5.10 Å². The summed E-state index contributed by atoms with van der Waals surface area (Å²) in [4.78, 5) is 9.86. The maximum Gasteiger partial charge on any atom is 0.391 e. The van der Waals surface area contributed by atoms with Crippen LogP contribution in [0.3, 0.4) is 0 Å². The van der Waals surface area contributed by atoms with Gasteiger partial charge in [-0.1, -0.05) is 0 Å². The van der Waals surface area contributed by atoms with E-state index in [4.69, 9.17) is 0 Å². The van der Waals surface area contributed by atoms with Gasteiger partial charge in [0.1, 0.15) is 6.34 Å². The Morgan fingerprint density at radius 2 is 2.50 bits per heavy atom. The third-order valence-corrected chi connectivity index (χ3v) is 1.83. The van der Waals surface area contributed by atoms with E-state index in [-0.39, 0.29) is 0 Å². The van der Waals surface area contributed by atoms with Gasteiger partial charge in [-0.15, -0.1) is 0 Å². The van der Waals surface area contributed by atoms with Crippen molar-refractivity contribution in [2.45, 2.75) is 6.29 Å². The van der Waals surface area contributed by atoms with Crippen LogP contribution in [0.15, 0.2) is 5.10 Å². The van der Waals surface area contributed by atoms with Crippen molar-refractivity contribution in [3.8, 4) is 0 Å². The monoisotopic (exact) mass is 256 g/mol. The summed E-state index contributed by atoms with van der Waals surface area (Å²) in [5.41, 5.74) is 0. The lowest BCUT2D eigenvalue weighted by Gasteiger charge is -2.13. The summed E-state index contributed by atoms with van der Waals surface area (Å²) < 4.78 is 1.40. The fraction of sp³-hybridized carbons (Fsp3) is 0.667. The zero-order chi connectivity index (χ0) is 7.72. The first kappa shape index (κ1) is 7.51. The Labute approximate surface area is 71.1 Å². The number of nitrogens with zero attached hydrogens (tertiary/aromatic N) is 4. The lowest BCUT2D eigenvalue weighted by atomic mass is 10.8. The van der Waals surface area contributed by atoms with E-state index in [1.807, 2.05) is 22.9 Å². The highest BCUT2D eigenvalue weighted by molar-refractivity contribution is 14.1. The molecule has 0 fully saturated rings. The van der Waals surface area contributed by atoms with E-state index >= 15 is 0 Å². The second kappa shape index (κ2) is 2.56. The zero-order valence-corrected chi connectivity index (χ0v) is 7.30. The van der Waals surface area contributed by atoms with Crippen LogP contribution in [0.1, 0.15) is 0 Å². The topological polar surface area (TPSA) is 62.0 Å². The molecule has 1 rings (SSSR count). The van der Waals surface area contributed by atoms with Gasteiger partial charge in [-0.25, -0.2) is 8.12 Å². The van der Waals surface area contributed by atoms with Gasteiger partial charge in [-0.3, -0.25) is 10.1 Å². The standard InChI is InChI=1S/C3H5IN4O2/c1-6-3(8(9)10)7(4)2-5-6/h2-3H,1H3. The molecule has 0 aromatic heterocycles. The Hall–Kier alpha value is -0.600. The molecule has 7 heteroatoms.